The van der Waals surface area contributed by atoms with Crippen LogP contribution in [0.5, 0.6) is 0 Å². The fourth-order valence-electron chi connectivity index (χ4n) is 0.507. The van der Waals surface area contributed by atoms with E-state index < -0.39 is 12.1 Å². The Morgan fingerprint density at radius 1 is 1.88 bits per heavy atom. The van der Waals surface area contributed by atoms with Gasteiger partial charge in [-0.1, -0.05) is 0 Å². The molecule has 0 aromatic rings. The summed E-state index contributed by atoms with van der Waals surface area (Å²) in [4.78, 5) is 10.2. The molecule has 8 heavy (non-hydrogen) atoms. The van der Waals surface area contributed by atoms with E-state index in [1.54, 1.807) is 6.92 Å². The third-order valence-electron chi connectivity index (χ3n) is 0.975. The lowest BCUT2D eigenvalue weighted by molar-refractivity contribution is -0.138. The van der Waals surface area contributed by atoms with Crippen molar-refractivity contribution < 1.29 is 14.6 Å². The highest BCUT2D eigenvalue weighted by Gasteiger charge is 2.19. The Morgan fingerprint density at radius 2 is 2.50 bits per heavy atom. The molecule has 1 rings (SSSR count). The van der Waals surface area contributed by atoms with Gasteiger partial charge in [0.15, 0.2) is 6.10 Å². The van der Waals surface area contributed by atoms with Gasteiger partial charge in [0.1, 0.15) is 5.76 Å². The number of aliphatic hydroxyl groups is 1. The van der Waals surface area contributed by atoms with Crippen molar-refractivity contribution in [2.24, 2.45) is 0 Å². The number of aliphatic hydroxyl groups excluding tert-OH is 1. The highest BCUT2D eigenvalue weighted by atomic mass is 16.6. The summed E-state index contributed by atoms with van der Waals surface area (Å²) in [5.74, 6) is -0.454. The quantitative estimate of drug-likeness (QED) is 0.463. The summed E-state index contributed by atoms with van der Waals surface area (Å²) in [6.45, 7) is 1.61. The maximum absolute atomic E-state index is 10.2. The normalized spacial score (nSPS) is 27.4. The van der Waals surface area contributed by atoms with Crippen molar-refractivity contribution in [2.45, 2.75) is 13.0 Å². The van der Waals surface area contributed by atoms with Crippen LogP contribution in [0.2, 0.25) is 0 Å². The van der Waals surface area contributed by atoms with Crippen LogP contribution < -0.4 is 0 Å². The van der Waals surface area contributed by atoms with E-state index in [2.05, 4.69) is 4.74 Å². The van der Waals surface area contributed by atoms with Gasteiger partial charge in [0, 0.05) is 0 Å². The summed E-state index contributed by atoms with van der Waals surface area (Å²) in [6, 6.07) is 0. The van der Waals surface area contributed by atoms with Crippen LogP contribution in [0.25, 0.3) is 0 Å². The van der Waals surface area contributed by atoms with E-state index in [-0.39, 0.29) is 5.76 Å². The van der Waals surface area contributed by atoms with Crippen molar-refractivity contribution in [1.82, 2.24) is 0 Å². The first kappa shape index (κ1) is 5.15. The molecule has 1 aliphatic heterocycles. The monoisotopic (exact) mass is 114 g/mol. The van der Waals surface area contributed by atoms with Gasteiger partial charge in [-0.25, -0.2) is 4.79 Å². The maximum Gasteiger partial charge on any atom is 0.335 e. The van der Waals surface area contributed by atoms with Gasteiger partial charge in [-0.05, 0) is 6.92 Å². The molecule has 3 nitrogen and oxygen atoms in total. The minimum atomic E-state index is -0.463. The van der Waals surface area contributed by atoms with Crippen molar-refractivity contribution >= 4 is 5.97 Å². The van der Waals surface area contributed by atoms with Crippen molar-refractivity contribution in [2.75, 3.05) is 0 Å². The van der Waals surface area contributed by atoms with Gasteiger partial charge >= 0.3 is 5.97 Å². The molecule has 0 spiro atoms. The van der Waals surface area contributed by atoms with Gasteiger partial charge in [0.2, 0.25) is 0 Å². The van der Waals surface area contributed by atoms with Crippen LogP contribution in [0.4, 0.5) is 0 Å². The number of cyclic esters (lactones) is 1. The molecule has 0 saturated carbocycles. The van der Waals surface area contributed by atoms with Crippen LogP contribution in [-0.4, -0.2) is 17.2 Å². The van der Waals surface area contributed by atoms with E-state index in [0.717, 1.165) is 6.08 Å². The molecule has 0 radical (unpaired) electrons. The van der Waals surface area contributed by atoms with E-state index in [1.807, 2.05) is 0 Å². The second-order valence-electron chi connectivity index (χ2n) is 1.65. The average Bonchev–Trinajstić information content (AvgIpc) is 1.85. The lowest BCUT2D eigenvalue weighted by atomic mass is 10.3. The molecule has 0 amide bonds. The number of carbonyl (C=O) groups excluding carboxylic acids is 1. The molecule has 0 bridgehead atoms. The maximum atomic E-state index is 10.2. The summed E-state index contributed by atoms with van der Waals surface area (Å²) in [5, 5.41) is 8.68. The molecule has 1 aliphatic rings. The third-order valence-corrected chi connectivity index (χ3v) is 0.975. The van der Waals surface area contributed by atoms with Crippen molar-refractivity contribution in [1.29, 1.82) is 0 Å². The molecule has 1 heterocycles. The first-order chi connectivity index (χ1) is 3.70. The van der Waals surface area contributed by atoms with Gasteiger partial charge in [-0.15, -0.1) is 0 Å². The Morgan fingerprint density at radius 3 is 2.62 bits per heavy atom. The number of hydrogen-bond acceptors (Lipinski definition) is 3. The van der Waals surface area contributed by atoms with Crippen molar-refractivity contribution in [3.63, 3.8) is 0 Å². The van der Waals surface area contributed by atoms with E-state index in [0.29, 0.717) is 0 Å². The van der Waals surface area contributed by atoms with E-state index in [4.69, 9.17) is 5.11 Å². The summed E-state index contributed by atoms with van der Waals surface area (Å²) >= 11 is 0. The lowest BCUT2D eigenvalue weighted by Gasteiger charge is -1.99. The SMILES string of the molecule is C[C@@H]1OC(=O)C=C1O. The molecule has 0 aliphatic carbocycles. The summed E-state index contributed by atoms with van der Waals surface area (Å²) < 4.78 is 4.49. The van der Waals surface area contributed by atoms with E-state index in [1.165, 1.54) is 0 Å². The van der Waals surface area contributed by atoms with Crippen LogP contribution in [0.3, 0.4) is 0 Å². The predicted octanol–water partition coefficient (Wildman–Crippen LogP) is 0.374. The zero-order chi connectivity index (χ0) is 6.15. The Hall–Kier alpha value is -0.990. The molecule has 3 heteroatoms. The molecular weight excluding hydrogens is 108 g/mol. The molecule has 0 unspecified atom stereocenters. The zero-order valence-electron chi connectivity index (χ0n) is 4.42. The van der Waals surface area contributed by atoms with Gasteiger partial charge in [-0.2, -0.15) is 0 Å². The second-order valence-corrected chi connectivity index (χ2v) is 1.65. The number of carbonyl (C=O) groups is 1. The van der Waals surface area contributed by atoms with Crippen LogP contribution in [0.15, 0.2) is 11.8 Å². The molecule has 0 aromatic heterocycles. The molecular formula is C5H6O3. The minimum Gasteiger partial charge on any atom is -0.508 e. The Labute approximate surface area is 46.6 Å². The topological polar surface area (TPSA) is 46.5 Å². The second kappa shape index (κ2) is 1.51. The van der Waals surface area contributed by atoms with Crippen molar-refractivity contribution in [3.8, 4) is 0 Å². The highest BCUT2D eigenvalue weighted by Crippen LogP contribution is 2.10. The number of rotatable bonds is 0. The lowest BCUT2D eigenvalue weighted by Crippen LogP contribution is -2.04. The summed E-state index contributed by atoms with van der Waals surface area (Å²) in [6.07, 6.45) is 0.632. The first-order valence-corrected chi connectivity index (χ1v) is 2.31. The van der Waals surface area contributed by atoms with Gasteiger partial charge in [0.05, 0.1) is 6.08 Å². The Kier molecular flexibility index (Phi) is 0.970. The van der Waals surface area contributed by atoms with Crippen LogP contribution >= 0.6 is 0 Å². The van der Waals surface area contributed by atoms with E-state index >= 15 is 0 Å². The number of hydrogen-bond donors (Lipinski definition) is 1. The molecule has 1 atom stereocenters. The molecule has 0 fully saturated rings. The minimum absolute atomic E-state index is 0.00926. The van der Waals surface area contributed by atoms with Gasteiger partial charge in [-0.3, -0.25) is 0 Å². The molecule has 44 valence electrons. The van der Waals surface area contributed by atoms with Crippen LogP contribution in [-0.2, 0) is 9.53 Å². The van der Waals surface area contributed by atoms with Crippen molar-refractivity contribution in [3.05, 3.63) is 11.8 Å². The summed E-state index contributed by atoms with van der Waals surface area (Å²) in [5.41, 5.74) is 0. The average molecular weight is 114 g/mol. The Bertz CT molecular complexity index is 148. The third kappa shape index (κ3) is 0.665. The standard InChI is InChI=1S/C5H6O3/c1-3-4(6)2-5(7)8-3/h2-3,6H,1H3/t3-/m0/s1. The fraction of sp³-hybridized carbons (Fsp3) is 0.400. The van der Waals surface area contributed by atoms with Crippen LogP contribution in [0.1, 0.15) is 6.92 Å². The number of esters is 1. The molecule has 0 saturated heterocycles. The number of ether oxygens (including phenoxy) is 1. The predicted molar refractivity (Wildman–Crippen MR) is 26.3 cm³/mol. The highest BCUT2D eigenvalue weighted by molar-refractivity contribution is 5.85. The molecule has 0 aromatic carbocycles. The first-order valence-electron chi connectivity index (χ1n) is 2.31. The van der Waals surface area contributed by atoms with Crippen LogP contribution in [0, 0.1) is 0 Å². The zero-order valence-corrected chi connectivity index (χ0v) is 4.42. The summed E-state index contributed by atoms with van der Waals surface area (Å²) in [7, 11) is 0. The van der Waals surface area contributed by atoms with Gasteiger partial charge in [0.25, 0.3) is 0 Å². The Balaban J connectivity index is 2.73. The largest absolute Gasteiger partial charge is 0.508 e. The van der Waals surface area contributed by atoms with Gasteiger partial charge < -0.3 is 9.84 Å². The fourth-order valence-corrected chi connectivity index (χ4v) is 0.507. The molecule has 1 N–H and O–H groups in total. The smallest absolute Gasteiger partial charge is 0.335 e. The van der Waals surface area contributed by atoms with E-state index in [9.17, 15) is 4.79 Å².